The maximum atomic E-state index is 5.31. The first-order chi connectivity index (χ1) is 13.8. The van der Waals surface area contributed by atoms with Crippen molar-refractivity contribution >= 4 is 0 Å². The Balaban J connectivity index is 1.39. The molecule has 1 N–H and O–H groups in total. The van der Waals surface area contributed by atoms with E-state index >= 15 is 0 Å². The van der Waals surface area contributed by atoms with Gasteiger partial charge in [-0.3, -0.25) is 4.90 Å². The fourth-order valence-electron chi connectivity index (χ4n) is 3.74. The van der Waals surface area contributed by atoms with Crippen LogP contribution in [0.2, 0.25) is 0 Å². The highest BCUT2D eigenvalue weighted by Crippen LogP contribution is 2.26. The fourth-order valence-corrected chi connectivity index (χ4v) is 3.74. The van der Waals surface area contributed by atoms with Crippen molar-refractivity contribution < 1.29 is 4.74 Å². The summed E-state index contributed by atoms with van der Waals surface area (Å²) in [6, 6.07) is 18.8. The molecule has 0 aliphatic carbocycles. The van der Waals surface area contributed by atoms with Crippen LogP contribution in [0.4, 0.5) is 0 Å². The van der Waals surface area contributed by atoms with Crippen LogP contribution in [-0.4, -0.2) is 46.6 Å². The fraction of sp³-hybridized carbons (Fsp3) is 0.364. The molecular weight excluding hydrogens is 350 g/mol. The van der Waals surface area contributed by atoms with Crippen molar-refractivity contribution in [2.45, 2.75) is 25.4 Å². The van der Waals surface area contributed by atoms with Gasteiger partial charge in [-0.2, -0.15) is 15.0 Å². The number of ether oxygens (including phenoxy) is 1. The standard InChI is InChI=1S/C22H27N5O/c1-28-21-11-9-18(10-12-21)22(26-13-5-6-14-26)17-23-15-19-16-24-27(25-19)20-7-3-2-4-8-20/h2-4,7-12,16,22-23H,5-6,13-15,17H2,1H3. The molecular formula is C22H27N5O. The van der Waals surface area contributed by atoms with Gasteiger partial charge in [0, 0.05) is 19.1 Å². The molecule has 1 saturated heterocycles. The largest absolute Gasteiger partial charge is 0.497 e. The van der Waals surface area contributed by atoms with Gasteiger partial charge < -0.3 is 10.1 Å². The van der Waals surface area contributed by atoms with Gasteiger partial charge >= 0.3 is 0 Å². The predicted octanol–water partition coefficient (Wildman–Crippen LogP) is 3.20. The Morgan fingerprint density at radius 3 is 2.50 bits per heavy atom. The first kappa shape index (κ1) is 18.7. The molecule has 3 aromatic rings. The molecule has 0 radical (unpaired) electrons. The van der Waals surface area contributed by atoms with Crippen molar-refractivity contribution in [3.63, 3.8) is 0 Å². The van der Waals surface area contributed by atoms with E-state index in [1.807, 2.05) is 48.7 Å². The van der Waals surface area contributed by atoms with Crippen molar-refractivity contribution in [2.24, 2.45) is 0 Å². The van der Waals surface area contributed by atoms with Crippen LogP contribution in [0.25, 0.3) is 5.69 Å². The molecule has 1 aliphatic heterocycles. The van der Waals surface area contributed by atoms with Crippen molar-refractivity contribution in [2.75, 3.05) is 26.7 Å². The number of rotatable bonds is 8. The summed E-state index contributed by atoms with van der Waals surface area (Å²) in [7, 11) is 1.71. The number of likely N-dealkylation sites (tertiary alicyclic amines) is 1. The van der Waals surface area contributed by atoms with Gasteiger partial charge in [0.05, 0.1) is 24.7 Å². The number of nitrogens with one attached hydrogen (secondary N) is 1. The molecule has 4 rings (SSSR count). The van der Waals surface area contributed by atoms with E-state index in [2.05, 4.69) is 32.5 Å². The Morgan fingerprint density at radius 1 is 1.04 bits per heavy atom. The van der Waals surface area contributed by atoms with E-state index < -0.39 is 0 Å². The number of methoxy groups -OCH3 is 1. The smallest absolute Gasteiger partial charge is 0.118 e. The molecule has 0 spiro atoms. The highest BCUT2D eigenvalue weighted by atomic mass is 16.5. The highest BCUT2D eigenvalue weighted by Gasteiger charge is 2.23. The summed E-state index contributed by atoms with van der Waals surface area (Å²) >= 11 is 0. The van der Waals surface area contributed by atoms with E-state index in [9.17, 15) is 0 Å². The lowest BCUT2D eigenvalue weighted by molar-refractivity contribution is 0.238. The Bertz CT molecular complexity index is 856. The summed E-state index contributed by atoms with van der Waals surface area (Å²) in [5, 5.41) is 12.5. The molecule has 0 amide bonds. The van der Waals surface area contributed by atoms with Gasteiger partial charge in [-0.1, -0.05) is 30.3 Å². The average Bonchev–Trinajstić information content (AvgIpc) is 3.44. The summed E-state index contributed by atoms with van der Waals surface area (Å²) in [5.41, 5.74) is 3.24. The second-order valence-corrected chi connectivity index (χ2v) is 7.12. The normalized spacial score (nSPS) is 15.6. The first-order valence-corrected chi connectivity index (χ1v) is 9.89. The Morgan fingerprint density at radius 2 is 1.79 bits per heavy atom. The van der Waals surface area contributed by atoms with Crippen LogP contribution in [0.3, 0.4) is 0 Å². The topological polar surface area (TPSA) is 55.2 Å². The minimum Gasteiger partial charge on any atom is -0.497 e. The summed E-state index contributed by atoms with van der Waals surface area (Å²) < 4.78 is 5.31. The molecule has 1 aromatic heterocycles. The zero-order valence-corrected chi connectivity index (χ0v) is 16.3. The molecule has 1 aliphatic rings. The monoisotopic (exact) mass is 377 g/mol. The third-order valence-corrected chi connectivity index (χ3v) is 5.25. The molecule has 0 bridgehead atoms. The molecule has 0 saturated carbocycles. The third-order valence-electron chi connectivity index (χ3n) is 5.25. The Labute approximate surface area is 166 Å². The number of para-hydroxylation sites is 1. The predicted molar refractivity (Wildman–Crippen MR) is 110 cm³/mol. The van der Waals surface area contributed by atoms with Crippen LogP contribution in [0.1, 0.15) is 30.1 Å². The molecule has 2 aromatic carbocycles. The lowest BCUT2D eigenvalue weighted by atomic mass is 10.1. The highest BCUT2D eigenvalue weighted by molar-refractivity contribution is 5.30. The Hall–Kier alpha value is -2.70. The van der Waals surface area contributed by atoms with Crippen LogP contribution in [-0.2, 0) is 6.54 Å². The summed E-state index contributed by atoms with van der Waals surface area (Å²) in [6.45, 7) is 3.89. The van der Waals surface area contributed by atoms with Crippen molar-refractivity contribution in [3.8, 4) is 11.4 Å². The van der Waals surface area contributed by atoms with E-state index in [1.54, 1.807) is 11.9 Å². The molecule has 6 nitrogen and oxygen atoms in total. The van der Waals surface area contributed by atoms with Crippen LogP contribution >= 0.6 is 0 Å². The molecule has 1 unspecified atom stereocenters. The van der Waals surface area contributed by atoms with E-state index in [4.69, 9.17) is 4.74 Å². The molecule has 146 valence electrons. The van der Waals surface area contributed by atoms with E-state index in [1.165, 1.54) is 18.4 Å². The number of hydrogen-bond acceptors (Lipinski definition) is 5. The zero-order valence-electron chi connectivity index (χ0n) is 16.3. The number of nitrogens with zero attached hydrogens (tertiary/aromatic N) is 4. The van der Waals surface area contributed by atoms with Gasteiger partial charge in [-0.25, -0.2) is 0 Å². The molecule has 1 fully saturated rings. The lowest BCUT2D eigenvalue weighted by Gasteiger charge is -2.28. The molecule has 6 heteroatoms. The maximum absolute atomic E-state index is 5.31. The molecule has 28 heavy (non-hydrogen) atoms. The molecule has 1 atom stereocenters. The van der Waals surface area contributed by atoms with Gasteiger partial charge in [-0.05, 0) is 55.8 Å². The number of aromatic nitrogens is 3. The van der Waals surface area contributed by atoms with E-state index in [0.29, 0.717) is 12.6 Å². The van der Waals surface area contributed by atoms with E-state index in [-0.39, 0.29) is 0 Å². The Kier molecular flexibility index (Phi) is 5.99. The minimum absolute atomic E-state index is 0.359. The van der Waals surface area contributed by atoms with Crippen LogP contribution in [0.5, 0.6) is 5.75 Å². The van der Waals surface area contributed by atoms with Crippen molar-refractivity contribution in [1.82, 2.24) is 25.2 Å². The van der Waals surface area contributed by atoms with Gasteiger partial charge in [0.1, 0.15) is 5.75 Å². The van der Waals surface area contributed by atoms with Crippen molar-refractivity contribution in [1.29, 1.82) is 0 Å². The van der Waals surface area contributed by atoms with E-state index in [0.717, 1.165) is 36.8 Å². The van der Waals surface area contributed by atoms with Gasteiger partial charge in [0.25, 0.3) is 0 Å². The number of hydrogen-bond donors (Lipinski definition) is 1. The van der Waals surface area contributed by atoms with Gasteiger partial charge in [0.2, 0.25) is 0 Å². The van der Waals surface area contributed by atoms with Crippen LogP contribution < -0.4 is 10.1 Å². The van der Waals surface area contributed by atoms with Crippen molar-refractivity contribution in [3.05, 3.63) is 72.1 Å². The SMILES string of the molecule is COc1ccc(C(CNCc2cnn(-c3ccccc3)n2)N2CCCC2)cc1. The lowest BCUT2D eigenvalue weighted by Crippen LogP contribution is -2.34. The summed E-state index contributed by atoms with van der Waals surface area (Å²) in [5.74, 6) is 0.898. The minimum atomic E-state index is 0.359. The zero-order chi connectivity index (χ0) is 19.2. The second kappa shape index (κ2) is 8.99. The average molecular weight is 377 g/mol. The second-order valence-electron chi connectivity index (χ2n) is 7.12. The van der Waals surface area contributed by atoms with Crippen LogP contribution in [0.15, 0.2) is 60.8 Å². The first-order valence-electron chi connectivity index (χ1n) is 9.89. The van der Waals surface area contributed by atoms with Crippen LogP contribution in [0, 0.1) is 0 Å². The third kappa shape index (κ3) is 4.40. The van der Waals surface area contributed by atoms with Gasteiger partial charge in [0.15, 0.2) is 0 Å². The molecule has 2 heterocycles. The van der Waals surface area contributed by atoms with Gasteiger partial charge in [-0.15, -0.1) is 0 Å². The quantitative estimate of drug-likeness (QED) is 0.653. The summed E-state index contributed by atoms with van der Waals surface area (Å²) in [6.07, 6.45) is 4.38. The summed E-state index contributed by atoms with van der Waals surface area (Å²) in [4.78, 5) is 4.24. The maximum Gasteiger partial charge on any atom is 0.118 e. The number of benzene rings is 2.